The van der Waals surface area contributed by atoms with Gasteiger partial charge in [0, 0.05) is 26.1 Å². The molecule has 1 N–H and O–H groups in total. The third kappa shape index (κ3) is 3.05. The highest BCUT2D eigenvalue weighted by atomic mass is 16.2. The van der Waals surface area contributed by atoms with Crippen molar-refractivity contribution in [2.24, 2.45) is 0 Å². The Morgan fingerprint density at radius 1 is 0.919 bits per heavy atom. The molecule has 1 aliphatic carbocycles. The predicted octanol–water partition coefficient (Wildman–Crippen LogP) is 2.20. The highest BCUT2D eigenvalue weighted by Crippen LogP contribution is 2.38. The highest BCUT2D eigenvalue weighted by molar-refractivity contribution is 6.07. The molecule has 182 valence electrons. The lowest BCUT2D eigenvalue weighted by Gasteiger charge is -2.27. The van der Waals surface area contributed by atoms with E-state index in [0.717, 1.165) is 22.2 Å². The zero-order chi connectivity index (χ0) is 25.3. The summed E-state index contributed by atoms with van der Waals surface area (Å²) < 4.78 is 3.27. The van der Waals surface area contributed by atoms with E-state index in [4.69, 9.17) is 4.98 Å². The summed E-state index contributed by atoms with van der Waals surface area (Å²) in [4.78, 5) is 53.5. The number of urea groups is 1. The minimum absolute atomic E-state index is 0.211. The van der Waals surface area contributed by atoms with Crippen LogP contribution in [-0.2, 0) is 24.2 Å². The van der Waals surface area contributed by atoms with Gasteiger partial charge in [0.2, 0.25) is 0 Å². The summed E-state index contributed by atoms with van der Waals surface area (Å²) in [5.74, 6) is 0.279. The van der Waals surface area contributed by atoms with Crippen LogP contribution in [0.25, 0.3) is 27.9 Å². The number of likely N-dealkylation sites (N-methyl/N-ethyl adjacent to an activating group) is 1. The van der Waals surface area contributed by atoms with E-state index >= 15 is 0 Å². The van der Waals surface area contributed by atoms with Crippen LogP contribution in [-0.4, -0.2) is 53.5 Å². The molecule has 1 spiro atoms. The van der Waals surface area contributed by atoms with Gasteiger partial charge in [-0.1, -0.05) is 18.2 Å². The van der Waals surface area contributed by atoms with Gasteiger partial charge in [0.25, 0.3) is 5.91 Å². The van der Waals surface area contributed by atoms with Crippen LogP contribution in [0.3, 0.4) is 0 Å². The van der Waals surface area contributed by atoms with Gasteiger partial charge in [-0.15, -0.1) is 0 Å². The number of imide groups is 1. The van der Waals surface area contributed by atoms with Crippen molar-refractivity contribution in [3.63, 3.8) is 0 Å². The van der Waals surface area contributed by atoms with Crippen molar-refractivity contribution in [2.45, 2.75) is 24.9 Å². The van der Waals surface area contributed by atoms with Crippen molar-refractivity contribution in [2.75, 3.05) is 7.05 Å². The third-order valence-corrected chi connectivity index (χ3v) is 7.50. The van der Waals surface area contributed by atoms with Crippen LogP contribution in [0.2, 0.25) is 0 Å². The molecule has 1 saturated heterocycles. The van der Waals surface area contributed by atoms with Gasteiger partial charge in [0.15, 0.2) is 0 Å². The molecule has 3 amide bonds. The Morgan fingerprint density at radius 2 is 1.65 bits per heavy atom. The number of carbonyl (C=O) groups excluding carboxylic acids is 2. The number of fused-ring (bicyclic) bond motifs is 3. The van der Waals surface area contributed by atoms with E-state index in [9.17, 15) is 14.4 Å². The van der Waals surface area contributed by atoms with Crippen LogP contribution in [0.5, 0.6) is 0 Å². The molecule has 0 radical (unpaired) electrons. The normalized spacial score (nSPS) is 18.8. The minimum atomic E-state index is -0.903. The van der Waals surface area contributed by atoms with Gasteiger partial charge in [-0.05, 0) is 47.5 Å². The number of benzene rings is 2. The van der Waals surface area contributed by atoms with Crippen LogP contribution in [0.4, 0.5) is 4.79 Å². The van der Waals surface area contributed by atoms with Gasteiger partial charge in [-0.25, -0.2) is 24.1 Å². The Morgan fingerprint density at radius 3 is 2.35 bits per heavy atom. The Hall–Kier alpha value is -4.86. The van der Waals surface area contributed by atoms with Gasteiger partial charge in [-0.3, -0.25) is 19.7 Å². The van der Waals surface area contributed by atoms with Gasteiger partial charge in [-0.2, -0.15) is 0 Å². The van der Waals surface area contributed by atoms with Crippen molar-refractivity contribution in [1.29, 1.82) is 0 Å². The maximum Gasteiger partial charge on any atom is 0.335 e. The molecule has 1 fully saturated rings. The molecule has 5 aromatic rings. The van der Waals surface area contributed by atoms with Crippen LogP contribution in [0.1, 0.15) is 16.8 Å². The number of hydrogen-bond acceptors (Lipinski definition) is 6. The fourth-order valence-electron chi connectivity index (χ4n) is 5.55. The van der Waals surface area contributed by atoms with Crippen LogP contribution in [0.15, 0.2) is 71.8 Å². The van der Waals surface area contributed by atoms with Gasteiger partial charge in [0.05, 0.1) is 40.5 Å². The lowest BCUT2D eigenvalue weighted by Crippen LogP contribution is -2.48. The summed E-state index contributed by atoms with van der Waals surface area (Å²) in [5.41, 5.74) is 4.40. The van der Waals surface area contributed by atoms with E-state index in [1.165, 1.54) is 4.90 Å². The molecule has 4 heterocycles. The van der Waals surface area contributed by atoms with Crippen molar-refractivity contribution in [3.8, 4) is 5.82 Å². The van der Waals surface area contributed by atoms with Crippen LogP contribution in [0, 0.1) is 0 Å². The first kappa shape index (κ1) is 21.4. The number of aromatic nitrogens is 5. The number of hydrogen-bond donors (Lipinski definition) is 1. The van der Waals surface area contributed by atoms with E-state index in [0.29, 0.717) is 35.4 Å². The molecule has 10 heteroatoms. The van der Waals surface area contributed by atoms with Crippen molar-refractivity contribution >= 4 is 34.0 Å². The van der Waals surface area contributed by atoms with Crippen LogP contribution < -0.4 is 11.0 Å². The monoisotopic (exact) mass is 491 g/mol. The summed E-state index contributed by atoms with van der Waals surface area (Å²) in [7, 11) is 1.65. The number of carbonyl (C=O) groups is 2. The van der Waals surface area contributed by atoms with Crippen LogP contribution >= 0.6 is 0 Å². The summed E-state index contributed by atoms with van der Waals surface area (Å²) >= 11 is 0. The first-order valence-electron chi connectivity index (χ1n) is 11.9. The zero-order valence-corrected chi connectivity index (χ0v) is 19.9. The first-order valence-corrected chi connectivity index (χ1v) is 11.9. The molecule has 1 unspecified atom stereocenters. The van der Waals surface area contributed by atoms with Gasteiger partial charge in [0.1, 0.15) is 11.4 Å². The molecule has 10 nitrogen and oxygen atoms in total. The van der Waals surface area contributed by atoms with E-state index in [1.807, 2.05) is 48.5 Å². The Balaban J connectivity index is 1.28. The Bertz CT molecular complexity index is 1830. The first-order chi connectivity index (χ1) is 17.9. The lowest BCUT2D eigenvalue weighted by molar-refractivity contribution is -0.125. The molecule has 37 heavy (non-hydrogen) atoms. The molecule has 2 aromatic carbocycles. The van der Waals surface area contributed by atoms with E-state index in [-0.39, 0.29) is 24.2 Å². The highest BCUT2D eigenvalue weighted by Gasteiger charge is 2.54. The number of amides is 3. The Labute approximate surface area is 210 Å². The summed E-state index contributed by atoms with van der Waals surface area (Å²) in [6, 6.07) is 16.6. The second kappa shape index (κ2) is 7.57. The van der Waals surface area contributed by atoms with Crippen molar-refractivity contribution in [3.05, 3.63) is 94.3 Å². The maximum absolute atomic E-state index is 13.5. The number of imidazole rings is 1. The molecule has 1 atom stereocenters. The fourth-order valence-corrected chi connectivity index (χ4v) is 5.55. The molecule has 0 bridgehead atoms. The molecule has 3 aromatic heterocycles. The molecular weight excluding hydrogens is 470 g/mol. The third-order valence-electron chi connectivity index (χ3n) is 7.50. The lowest BCUT2D eigenvalue weighted by atomic mass is 9.95. The zero-order valence-electron chi connectivity index (χ0n) is 19.9. The van der Waals surface area contributed by atoms with Gasteiger partial charge < -0.3 is 4.90 Å². The number of nitrogens with one attached hydrogen (secondary N) is 1. The topological polar surface area (TPSA) is 115 Å². The number of pyridine rings is 1. The van der Waals surface area contributed by atoms with E-state index in [2.05, 4.69) is 15.3 Å². The largest absolute Gasteiger partial charge is 0.335 e. The summed E-state index contributed by atoms with van der Waals surface area (Å²) in [5, 5.41) is 2.42. The van der Waals surface area contributed by atoms with Crippen molar-refractivity contribution < 1.29 is 9.59 Å². The number of para-hydroxylation sites is 2. The fraction of sp³-hybridized carbons (Fsp3) is 0.185. The number of rotatable bonds is 3. The molecular formula is C27H21N7O3. The van der Waals surface area contributed by atoms with E-state index < -0.39 is 5.54 Å². The van der Waals surface area contributed by atoms with E-state index in [1.54, 1.807) is 34.6 Å². The summed E-state index contributed by atoms with van der Waals surface area (Å²) in [6.45, 7) is 0.239. The quantitative estimate of drug-likeness (QED) is 0.387. The average Bonchev–Trinajstić information content (AvgIpc) is 3.49. The standard InChI is InChI=1S/C27H21N7O3/c1-32-25(36)31-24(35)27(32)12-16-10-19-20(11-17(16)13-27)30-18(14-29-19)15-33-21-6-2-3-7-22(21)34(26(33)37)23-8-4-5-9-28-23/h2-11,14H,12-13,15H2,1H3,(H,31,35,36). The minimum Gasteiger partial charge on any atom is -0.312 e. The van der Waals surface area contributed by atoms with Crippen molar-refractivity contribution in [1.82, 2.24) is 34.3 Å². The summed E-state index contributed by atoms with van der Waals surface area (Å²) in [6.07, 6.45) is 4.21. The smallest absolute Gasteiger partial charge is 0.312 e. The SMILES string of the molecule is CN1C(=O)NC(=O)C12Cc1cc3ncc(Cn4c(=O)n(-c5ccccn5)c5ccccc54)nc3cc1C2. The average molecular weight is 492 g/mol. The Kier molecular flexibility index (Phi) is 4.38. The number of nitrogens with zero attached hydrogens (tertiary/aromatic N) is 6. The molecule has 7 rings (SSSR count). The molecule has 2 aliphatic rings. The second-order valence-corrected chi connectivity index (χ2v) is 9.56. The second-order valence-electron chi connectivity index (χ2n) is 9.56. The maximum atomic E-state index is 13.5. The van der Waals surface area contributed by atoms with Gasteiger partial charge >= 0.3 is 11.7 Å². The molecule has 0 saturated carbocycles. The predicted molar refractivity (Wildman–Crippen MR) is 135 cm³/mol. The molecule has 1 aliphatic heterocycles.